The highest BCUT2D eigenvalue weighted by atomic mass is 16.1. The maximum Gasteiger partial charge on any atom is 0.263 e. The molecule has 0 aliphatic heterocycles. The molecule has 0 bridgehead atoms. The number of fused-ring (bicyclic) bond motifs is 1. The molecule has 1 amide bonds. The molecule has 0 spiro atoms. The van der Waals surface area contributed by atoms with Crippen molar-refractivity contribution in [1.29, 1.82) is 5.26 Å². The molecule has 4 heteroatoms. The van der Waals surface area contributed by atoms with Gasteiger partial charge in [-0.05, 0) is 61.6 Å². The van der Waals surface area contributed by atoms with Crippen LogP contribution in [0.5, 0.6) is 0 Å². The first-order valence-electron chi connectivity index (χ1n) is 9.27. The number of aryl methyl sites for hydroxylation is 2. The zero-order valence-electron chi connectivity index (χ0n) is 15.6. The van der Waals surface area contributed by atoms with Gasteiger partial charge in [0.25, 0.3) is 5.91 Å². The molecular weight excluding hydrogens is 310 g/mol. The number of carbonyl (C=O) groups is 1. The summed E-state index contributed by atoms with van der Waals surface area (Å²) < 4.78 is 0. The van der Waals surface area contributed by atoms with Crippen molar-refractivity contribution in [1.82, 2.24) is 10.6 Å². The first-order valence-corrected chi connectivity index (χ1v) is 9.27. The minimum Gasteiger partial charge on any atom is -0.390 e. The average molecular weight is 339 g/mol. The van der Waals surface area contributed by atoms with Crippen LogP contribution in [0.1, 0.15) is 62.8 Å². The highest BCUT2D eigenvalue weighted by Crippen LogP contribution is 2.24. The van der Waals surface area contributed by atoms with Crippen LogP contribution in [0.25, 0.3) is 0 Å². The van der Waals surface area contributed by atoms with Crippen LogP contribution in [0, 0.1) is 17.2 Å². The van der Waals surface area contributed by atoms with Gasteiger partial charge in [-0.15, -0.1) is 0 Å². The minimum absolute atomic E-state index is 0.118. The van der Waals surface area contributed by atoms with Crippen molar-refractivity contribution in [2.24, 2.45) is 5.92 Å². The van der Waals surface area contributed by atoms with Crippen molar-refractivity contribution < 1.29 is 4.79 Å². The molecule has 4 nitrogen and oxygen atoms in total. The second kappa shape index (κ2) is 9.27. The molecule has 1 aliphatic rings. The van der Waals surface area contributed by atoms with E-state index in [0.717, 1.165) is 31.4 Å². The summed E-state index contributed by atoms with van der Waals surface area (Å²) in [6.45, 7) is 7.01. The molecule has 1 unspecified atom stereocenters. The van der Waals surface area contributed by atoms with Gasteiger partial charge >= 0.3 is 0 Å². The number of benzene rings is 1. The van der Waals surface area contributed by atoms with Gasteiger partial charge in [-0.3, -0.25) is 4.79 Å². The summed E-state index contributed by atoms with van der Waals surface area (Å²) in [6, 6.07) is 8.34. The monoisotopic (exact) mass is 339 g/mol. The van der Waals surface area contributed by atoms with Crippen LogP contribution in [-0.4, -0.2) is 12.5 Å². The van der Waals surface area contributed by atoms with E-state index < -0.39 is 0 Å². The quantitative estimate of drug-likeness (QED) is 0.451. The van der Waals surface area contributed by atoms with Crippen LogP contribution < -0.4 is 10.6 Å². The van der Waals surface area contributed by atoms with Crippen molar-refractivity contribution in [3.63, 3.8) is 0 Å². The van der Waals surface area contributed by atoms with Crippen LogP contribution >= 0.6 is 0 Å². The third kappa shape index (κ3) is 5.63. The number of nitrogens with one attached hydrogen (secondary N) is 2. The van der Waals surface area contributed by atoms with E-state index >= 15 is 0 Å². The summed E-state index contributed by atoms with van der Waals surface area (Å²) in [5.41, 5.74) is 4.05. The molecule has 0 heterocycles. The number of nitriles is 1. The molecule has 0 radical (unpaired) electrons. The Morgan fingerprint density at radius 2 is 1.96 bits per heavy atom. The van der Waals surface area contributed by atoms with Crippen LogP contribution in [0.3, 0.4) is 0 Å². The van der Waals surface area contributed by atoms with E-state index in [-0.39, 0.29) is 17.5 Å². The minimum atomic E-state index is -0.329. The Labute approximate surface area is 151 Å². The third-order valence-electron chi connectivity index (χ3n) is 4.70. The van der Waals surface area contributed by atoms with E-state index in [0.29, 0.717) is 5.92 Å². The molecule has 1 atom stereocenters. The Morgan fingerprint density at radius 1 is 1.24 bits per heavy atom. The Kier molecular flexibility index (Phi) is 7.06. The maximum absolute atomic E-state index is 12.3. The van der Waals surface area contributed by atoms with Gasteiger partial charge in [0, 0.05) is 12.7 Å². The fraction of sp³-hybridized carbons (Fsp3) is 0.524. The molecule has 25 heavy (non-hydrogen) atoms. The first kappa shape index (κ1) is 19.1. The van der Waals surface area contributed by atoms with Gasteiger partial charge in [-0.25, -0.2) is 0 Å². The number of hydrogen-bond acceptors (Lipinski definition) is 3. The molecule has 134 valence electrons. The molecule has 0 aromatic heterocycles. The standard InChI is InChI=1S/C21H29N3O/c1-15(2)10-11-23-14-20(13-22)21(25)24-16(3)18-9-8-17-6-4-5-7-19(17)12-18/h8-9,12,14-16,23H,4-7,10-11H2,1-3H3,(H,24,25)/b20-14-. The highest BCUT2D eigenvalue weighted by molar-refractivity contribution is 5.97. The molecule has 0 saturated carbocycles. The lowest BCUT2D eigenvalue weighted by Gasteiger charge is -2.20. The van der Waals surface area contributed by atoms with Crippen LogP contribution in [0.4, 0.5) is 0 Å². The Bertz CT molecular complexity index is 670. The lowest BCUT2D eigenvalue weighted by Crippen LogP contribution is -2.28. The summed E-state index contributed by atoms with van der Waals surface area (Å²) in [7, 11) is 0. The topological polar surface area (TPSA) is 64.9 Å². The normalized spacial score (nSPS) is 15.2. The van der Waals surface area contributed by atoms with Crippen molar-refractivity contribution in [2.45, 2.75) is 58.9 Å². The average Bonchev–Trinajstić information content (AvgIpc) is 2.60. The largest absolute Gasteiger partial charge is 0.390 e. The van der Waals surface area contributed by atoms with Crippen molar-refractivity contribution >= 4 is 5.91 Å². The smallest absolute Gasteiger partial charge is 0.263 e. The number of rotatable bonds is 7. The second-order valence-corrected chi connectivity index (χ2v) is 7.24. The van der Waals surface area contributed by atoms with Gasteiger partial charge in [0.15, 0.2) is 0 Å². The molecular formula is C21H29N3O. The van der Waals surface area contributed by atoms with Gasteiger partial charge in [0.1, 0.15) is 11.6 Å². The third-order valence-corrected chi connectivity index (χ3v) is 4.70. The van der Waals surface area contributed by atoms with Crippen molar-refractivity contribution in [3.8, 4) is 6.07 Å². The molecule has 0 saturated heterocycles. The van der Waals surface area contributed by atoms with E-state index in [2.05, 4.69) is 42.7 Å². The number of hydrogen-bond donors (Lipinski definition) is 2. The van der Waals surface area contributed by atoms with Gasteiger partial charge < -0.3 is 10.6 Å². The van der Waals surface area contributed by atoms with Gasteiger partial charge in [-0.1, -0.05) is 32.0 Å². The van der Waals surface area contributed by atoms with Crippen LogP contribution in [-0.2, 0) is 17.6 Å². The molecule has 1 aromatic rings. The number of nitrogens with zero attached hydrogens (tertiary/aromatic N) is 1. The summed E-state index contributed by atoms with van der Waals surface area (Å²) in [5.74, 6) is 0.258. The fourth-order valence-corrected chi connectivity index (χ4v) is 3.08. The van der Waals surface area contributed by atoms with Gasteiger partial charge in [0.05, 0.1) is 6.04 Å². The molecule has 1 aliphatic carbocycles. The maximum atomic E-state index is 12.3. The van der Waals surface area contributed by atoms with E-state index in [4.69, 9.17) is 0 Å². The zero-order valence-corrected chi connectivity index (χ0v) is 15.6. The number of amides is 1. The molecule has 2 N–H and O–H groups in total. The van der Waals surface area contributed by atoms with Crippen LogP contribution in [0.2, 0.25) is 0 Å². The Morgan fingerprint density at radius 3 is 2.64 bits per heavy atom. The van der Waals surface area contributed by atoms with E-state index in [1.165, 1.54) is 30.2 Å². The molecule has 2 rings (SSSR count). The summed E-state index contributed by atoms with van der Waals surface area (Å²) in [6.07, 6.45) is 7.30. The summed E-state index contributed by atoms with van der Waals surface area (Å²) in [4.78, 5) is 12.3. The number of carbonyl (C=O) groups excluding carboxylic acids is 1. The summed E-state index contributed by atoms with van der Waals surface area (Å²) in [5, 5.41) is 15.2. The molecule has 1 aromatic carbocycles. The molecule has 0 fully saturated rings. The summed E-state index contributed by atoms with van der Waals surface area (Å²) >= 11 is 0. The predicted octanol–water partition coefficient (Wildman–Crippen LogP) is 3.79. The lowest BCUT2D eigenvalue weighted by molar-refractivity contribution is -0.117. The Hall–Kier alpha value is -2.28. The Balaban J connectivity index is 1.96. The van der Waals surface area contributed by atoms with Crippen molar-refractivity contribution in [3.05, 3.63) is 46.7 Å². The lowest BCUT2D eigenvalue weighted by atomic mass is 9.89. The predicted molar refractivity (Wildman–Crippen MR) is 101 cm³/mol. The van der Waals surface area contributed by atoms with E-state index in [1.807, 2.05) is 13.0 Å². The first-order chi connectivity index (χ1) is 12.0. The van der Waals surface area contributed by atoms with E-state index in [1.54, 1.807) is 0 Å². The van der Waals surface area contributed by atoms with Gasteiger partial charge in [-0.2, -0.15) is 5.26 Å². The fourth-order valence-electron chi connectivity index (χ4n) is 3.08. The van der Waals surface area contributed by atoms with Crippen molar-refractivity contribution in [2.75, 3.05) is 6.54 Å². The second-order valence-electron chi connectivity index (χ2n) is 7.24. The highest BCUT2D eigenvalue weighted by Gasteiger charge is 2.16. The SMILES string of the molecule is CC(C)CCN/C=C(/C#N)C(=O)NC(C)c1ccc2c(c1)CCCC2. The van der Waals surface area contributed by atoms with Gasteiger partial charge in [0.2, 0.25) is 0 Å². The van der Waals surface area contributed by atoms with E-state index in [9.17, 15) is 10.1 Å². The van der Waals surface area contributed by atoms with Crippen LogP contribution in [0.15, 0.2) is 30.0 Å². The zero-order chi connectivity index (χ0) is 18.2.